The van der Waals surface area contributed by atoms with Crippen LogP contribution >= 0.6 is 0 Å². The fourth-order valence-electron chi connectivity index (χ4n) is 2.14. The molecule has 4 nitrogen and oxygen atoms in total. The Morgan fingerprint density at radius 2 is 2.00 bits per heavy atom. The Hall–Kier alpha value is -2.47. The van der Waals surface area contributed by atoms with Crippen molar-refractivity contribution in [2.75, 3.05) is 6.54 Å². The van der Waals surface area contributed by atoms with Gasteiger partial charge in [0.1, 0.15) is 5.65 Å². The van der Waals surface area contributed by atoms with Crippen molar-refractivity contribution in [3.63, 3.8) is 0 Å². The second-order valence-electron chi connectivity index (χ2n) is 4.49. The molecule has 0 atom stereocenters. The first-order valence-corrected chi connectivity index (χ1v) is 6.48. The van der Waals surface area contributed by atoms with E-state index in [-0.39, 0.29) is 11.6 Å². The summed E-state index contributed by atoms with van der Waals surface area (Å²) in [7, 11) is 0. The van der Waals surface area contributed by atoms with E-state index in [1.807, 2.05) is 22.7 Å². The van der Waals surface area contributed by atoms with Gasteiger partial charge in [-0.3, -0.25) is 0 Å². The highest BCUT2D eigenvalue weighted by Gasteiger charge is 2.16. The predicted molar refractivity (Wildman–Crippen MR) is 74.4 cm³/mol. The van der Waals surface area contributed by atoms with Gasteiger partial charge in [-0.2, -0.15) is 9.37 Å². The largest absolute Gasteiger partial charge is 0.434 e. The fraction of sp³-hybridized carbons (Fsp3) is 0.133. The minimum Gasteiger partial charge on any atom is -0.434 e. The highest BCUT2D eigenvalue weighted by atomic mass is 19.2. The summed E-state index contributed by atoms with van der Waals surface area (Å²) in [5, 5.41) is 0. The number of hydrogen-bond acceptors (Lipinski definition) is 3. The van der Waals surface area contributed by atoms with Crippen LogP contribution in [-0.2, 0) is 6.42 Å². The predicted octanol–water partition coefficient (Wildman–Crippen LogP) is 2.91. The van der Waals surface area contributed by atoms with Gasteiger partial charge in [0.05, 0.1) is 5.69 Å². The average Bonchev–Trinajstić information content (AvgIpc) is 2.82. The van der Waals surface area contributed by atoms with E-state index in [9.17, 15) is 8.78 Å². The minimum absolute atomic E-state index is 0.198. The van der Waals surface area contributed by atoms with Gasteiger partial charge >= 0.3 is 0 Å². The molecule has 0 amide bonds. The van der Waals surface area contributed by atoms with Gasteiger partial charge in [-0.25, -0.2) is 4.39 Å². The van der Waals surface area contributed by atoms with Crippen molar-refractivity contribution < 1.29 is 13.5 Å². The molecule has 2 N–H and O–H groups in total. The number of ether oxygens (including phenoxy) is 1. The number of nitrogens with zero attached hydrogens (tertiary/aromatic N) is 2. The fourth-order valence-corrected chi connectivity index (χ4v) is 2.14. The van der Waals surface area contributed by atoms with E-state index in [0.717, 1.165) is 11.8 Å². The highest BCUT2D eigenvalue weighted by Crippen LogP contribution is 2.28. The number of aromatic nitrogens is 2. The van der Waals surface area contributed by atoms with Crippen molar-refractivity contribution in [3.05, 3.63) is 59.9 Å². The monoisotopic (exact) mass is 289 g/mol. The topological polar surface area (TPSA) is 52.5 Å². The lowest BCUT2D eigenvalue weighted by Crippen LogP contribution is -2.06. The molecule has 1 aromatic carbocycles. The van der Waals surface area contributed by atoms with E-state index in [2.05, 4.69) is 4.98 Å². The van der Waals surface area contributed by atoms with Crippen LogP contribution in [0.3, 0.4) is 0 Å². The standard InChI is InChI=1S/C15H13F2N3O/c16-10-4-3-5-12(14(10)17)21-15-11(7-8-18)20-9-2-1-6-13(20)19-15/h1-6,9H,7-8,18H2. The van der Waals surface area contributed by atoms with Crippen LogP contribution in [0.4, 0.5) is 8.78 Å². The van der Waals surface area contributed by atoms with Gasteiger partial charge in [0.2, 0.25) is 11.7 Å². The smallest absolute Gasteiger partial charge is 0.241 e. The molecule has 0 fully saturated rings. The van der Waals surface area contributed by atoms with Crippen molar-refractivity contribution in [2.24, 2.45) is 5.73 Å². The maximum absolute atomic E-state index is 13.7. The van der Waals surface area contributed by atoms with Gasteiger partial charge < -0.3 is 14.9 Å². The molecule has 0 bridgehead atoms. The number of rotatable bonds is 4. The summed E-state index contributed by atoms with van der Waals surface area (Å²) in [6, 6.07) is 9.25. The minimum atomic E-state index is -1.03. The number of halogens is 2. The Morgan fingerprint density at radius 3 is 2.81 bits per heavy atom. The maximum Gasteiger partial charge on any atom is 0.241 e. The van der Waals surface area contributed by atoms with Gasteiger partial charge in [-0.05, 0) is 30.8 Å². The second kappa shape index (κ2) is 5.49. The first-order valence-electron chi connectivity index (χ1n) is 6.48. The molecule has 0 aliphatic carbocycles. The van der Waals surface area contributed by atoms with Gasteiger partial charge in [0.25, 0.3) is 0 Å². The van der Waals surface area contributed by atoms with E-state index in [1.54, 1.807) is 6.07 Å². The average molecular weight is 289 g/mol. The molecule has 6 heteroatoms. The Kier molecular flexibility index (Phi) is 3.53. The number of benzene rings is 1. The van der Waals surface area contributed by atoms with Crippen molar-refractivity contribution in [1.29, 1.82) is 0 Å². The van der Waals surface area contributed by atoms with Crippen molar-refractivity contribution in [3.8, 4) is 11.6 Å². The number of pyridine rings is 1. The first kappa shape index (κ1) is 13.5. The summed E-state index contributed by atoms with van der Waals surface area (Å²) >= 11 is 0. The highest BCUT2D eigenvalue weighted by molar-refractivity contribution is 5.47. The summed E-state index contributed by atoms with van der Waals surface area (Å²) in [4.78, 5) is 4.29. The SMILES string of the molecule is NCCc1c(Oc2cccc(F)c2F)nc2ccccn12. The number of hydrogen-bond donors (Lipinski definition) is 1. The molecule has 0 spiro atoms. The Morgan fingerprint density at radius 1 is 1.14 bits per heavy atom. The molecular weight excluding hydrogens is 276 g/mol. The Bertz CT molecular complexity index is 786. The Labute approximate surface area is 119 Å². The van der Waals surface area contributed by atoms with Gasteiger partial charge in [0, 0.05) is 12.6 Å². The molecule has 0 aliphatic rings. The summed E-state index contributed by atoms with van der Waals surface area (Å²) in [5.74, 6) is -1.96. The third kappa shape index (κ3) is 2.45. The molecular formula is C15H13F2N3O. The van der Waals surface area contributed by atoms with E-state index in [0.29, 0.717) is 18.6 Å². The van der Waals surface area contributed by atoms with Crippen LogP contribution in [0.5, 0.6) is 11.6 Å². The van der Waals surface area contributed by atoms with Crippen molar-refractivity contribution >= 4 is 5.65 Å². The lowest BCUT2D eigenvalue weighted by Gasteiger charge is -2.07. The molecule has 0 saturated heterocycles. The third-order valence-corrected chi connectivity index (χ3v) is 3.10. The molecule has 108 valence electrons. The summed E-state index contributed by atoms with van der Waals surface area (Å²) in [5.41, 5.74) is 6.98. The van der Waals surface area contributed by atoms with Crippen molar-refractivity contribution in [2.45, 2.75) is 6.42 Å². The number of nitrogens with two attached hydrogens (primary N) is 1. The van der Waals surface area contributed by atoms with Crippen LogP contribution in [0.1, 0.15) is 5.69 Å². The first-order chi connectivity index (χ1) is 10.2. The Balaban J connectivity index is 2.07. The van der Waals surface area contributed by atoms with E-state index in [4.69, 9.17) is 10.5 Å². The van der Waals surface area contributed by atoms with Crippen molar-refractivity contribution in [1.82, 2.24) is 9.38 Å². The van der Waals surface area contributed by atoms with Crippen LogP contribution in [0, 0.1) is 11.6 Å². The molecule has 2 heterocycles. The molecule has 0 radical (unpaired) electrons. The number of imidazole rings is 1. The zero-order valence-electron chi connectivity index (χ0n) is 11.1. The molecule has 0 aliphatic heterocycles. The third-order valence-electron chi connectivity index (χ3n) is 3.10. The molecule has 3 rings (SSSR count). The van der Waals surface area contributed by atoms with Gasteiger partial charge in [0.15, 0.2) is 11.6 Å². The lowest BCUT2D eigenvalue weighted by atomic mass is 10.3. The van der Waals surface area contributed by atoms with E-state index in [1.165, 1.54) is 12.1 Å². The zero-order chi connectivity index (χ0) is 14.8. The van der Waals surface area contributed by atoms with Crippen LogP contribution in [0.25, 0.3) is 5.65 Å². The van der Waals surface area contributed by atoms with Gasteiger partial charge in [-0.1, -0.05) is 12.1 Å². The molecule has 0 saturated carbocycles. The van der Waals surface area contributed by atoms with Crippen LogP contribution < -0.4 is 10.5 Å². The lowest BCUT2D eigenvalue weighted by molar-refractivity contribution is 0.403. The van der Waals surface area contributed by atoms with E-state index < -0.39 is 11.6 Å². The molecule has 21 heavy (non-hydrogen) atoms. The van der Waals surface area contributed by atoms with Crippen LogP contribution in [0.2, 0.25) is 0 Å². The molecule has 2 aromatic heterocycles. The molecule has 3 aromatic rings. The maximum atomic E-state index is 13.7. The number of fused-ring (bicyclic) bond motifs is 1. The van der Waals surface area contributed by atoms with Crippen LogP contribution in [-0.4, -0.2) is 15.9 Å². The van der Waals surface area contributed by atoms with E-state index >= 15 is 0 Å². The second-order valence-corrected chi connectivity index (χ2v) is 4.49. The van der Waals surface area contributed by atoms with Gasteiger partial charge in [-0.15, -0.1) is 0 Å². The summed E-state index contributed by atoms with van der Waals surface area (Å²) in [6.07, 6.45) is 2.33. The quantitative estimate of drug-likeness (QED) is 0.803. The normalized spacial score (nSPS) is 11.0. The van der Waals surface area contributed by atoms with Crippen LogP contribution in [0.15, 0.2) is 42.6 Å². The zero-order valence-corrected chi connectivity index (χ0v) is 11.1. The summed E-state index contributed by atoms with van der Waals surface area (Å²) in [6.45, 7) is 0.394. The summed E-state index contributed by atoms with van der Waals surface area (Å²) < 4.78 is 34.2. The molecule has 0 unspecified atom stereocenters.